The molecule has 0 unspecified atom stereocenters. The van der Waals surface area contributed by atoms with E-state index in [4.69, 9.17) is 4.74 Å². The predicted molar refractivity (Wildman–Crippen MR) is 68.5 cm³/mol. The van der Waals surface area contributed by atoms with Crippen molar-refractivity contribution in [2.75, 3.05) is 20.2 Å². The summed E-state index contributed by atoms with van der Waals surface area (Å²) in [5, 5.41) is 13.8. The summed E-state index contributed by atoms with van der Waals surface area (Å²) in [5.74, 6) is 0.916. The number of hydrogen-bond donors (Lipinski definition) is 2. The molecule has 1 aliphatic rings. The molecule has 0 bridgehead atoms. The fourth-order valence-corrected chi connectivity index (χ4v) is 2.57. The summed E-state index contributed by atoms with van der Waals surface area (Å²) in [6, 6.07) is 6.11. The highest BCUT2D eigenvalue weighted by Gasteiger charge is 2.30. The molecule has 0 saturated carbocycles. The Balaban J connectivity index is 2.20. The van der Waals surface area contributed by atoms with Gasteiger partial charge in [-0.15, -0.1) is 0 Å². The standard InChI is InChI=1S/C14H21NO2/c1-11-4-3-5-12(13(11)17-2)10-14(16)6-8-15-9-7-14/h3-5,15-16H,6-10H2,1-2H3. The summed E-state index contributed by atoms with van der Waals surface area (Å²) in [7, 11) is 1.69. The van der Waals surface area contributed by atoms with Gasteiger partial charge < -0.3 is 15.2 Å². The van der Waals surface area contributed by atoms with E-state index in [0.717, 1.165) is 42.8 Å². The molecule has 1 aliphatic heterocycles. The van der Waals surface area contributed by atoms with Gasteiger partial charge in [-0.1, -0.05) is 18.2 Å². The summed E-state index contributed by atoms with van der Waals surface area (Å²) in [6.45, 7) is 3.82. The van der Waals surface area contributed by atoms with E-state index in [-0.39, 0.29) is 0 Å². The third-order valence-electron chi connectivity index (χ3n) is 3.55. The number of rotatable bonds is 3. The average Bonchev–Trinajstić information content (AvgIpc) is 2.30. The highest BCUT2D eigenvalue weighted by atomic mass is 16.5. The molecule has 0 aromatic heterocycles. The summed E-state index contributed by atoms with van der Waals surface area (Å²) in [6.07, 6.45) is 2.30. The fraction of sp³-hybridized carbons (Fsp3) is 0.571. The zero-order valence-corrected chi connectivity index (χ0v) is 10.6. The van der Waals surface area contributed by atoms with Gasteiger partial charge in [0.1, 0.15) is 5.75 Å². The van der Waals surface area contributed by atoms with Gasteiger partial charge in [-0.25, -0.2) is 0 Å². The summed E-state index contributed by atoms with van der Waals surface area (Å²) < 4.78 is 5.44. The van der Waals surface area contributed by atoms with Crippen LogP contribution in [0.2, 0.25) is 0 Å². The van der Waals surface area contributed by atoms with Crippen LogP contribution in [0.1, 0.15) is 24.0 Å². The maximum atomic E-state index is 10.5. The molecule has 0 atom stereocenters. The van der Waals surface area contributed by atoms with Crippen molar-refractivity contribution in [1.29, 1.82) is 0 Å². The Morgan fingerprint density at radius 1 is 1.35 bits per heavy atom. The Kier molecular flexibility index (Phi) is 3.69. The molecule has 17 heavy (non-hydrogen) atoms. The number of aryl methyl sites for hydroxylation is 1. The molecule has 3 heteroatoms. The van der Waals surface area contributed by atoms with Crippen LogP contribution in [-0.2, 0) is 6.42 Å². The monoisotopic (exact) mass is 235 g/mol. The molecule has 1 saturated heterocycles. The topological polar surface area (TPSA) is 41.5 Å². The van der Waals surface area contributed by atoms with E-state index in [1.807, 2.05) is 25.1 Å². The van der Waals surface area contributed by atoms with Gasteiger partial charge in [-0.3, -0.25) is 0 Å². The molecule has 2 rings (SSSR count). The Morgan fingerprint density at radius 3 is 2.71 bits per heavy atom. The summed E-state index contributed by atoms with van der Waals surface area (Å²) in [5.41, 5.74) is 1.66. The van der Waals surface area contributed by atoms with Crippen LogP contribution < -0.4 is 10.1 Å². The second-order valence-electron chi connectivity index (χ2n) is 4.92. The lowest BCUT2D eigenvalue weighted by Crippen LogP contribution is -2.43. The van der Waals surface area contributed by atoms with Gasteiger partial charge in [0, 0.05) is 6.42 Å². The molecule has 1 aromatic carbocycles. The SMILES string of the molecule is COc1c(C)cccc1CC1(O)CCNCC1. The third-order valence-corrected chi connectivity index (χ3v) is 3.55. The molecule has 2 N–H and O–H groups in total. The van der Waals surface area contributed by atoms with Crippen LogP contribution in [0.3, 0.4) is 0 Å². The largest absolute Gasteiger partial charge is 0.496 e. The van der Waals surface area contributed by atoms with Gasteiger partial charge in [0.05, 0.1) is 12.7 Å². The summed E-state index contributed by atoms with van der Waals surface area (Å²) >= 11 is 0. The van der Waals surface area contributed by atoms with Crippen LogP contribution >= 0.6 is 0 Å². The first-order chi connectivity index (χ1) is 8.14. The highest BCUT2D eigenvalue weighted by Crippen LogP contribution is 2.30. The third kappa shape index (κ3) is 2.79. The minimum atomic E-state index is -0.577. The first kappa shape index (κ1) is 12.4. The van der Waals surface area contributed by atoms with E-state index in [2.05, 4.69) is 5.32 Å². The van der Waals surface area contributed by atoms with Crippen molar-refractivity contribution in [3.63, 3.8) is 0 Å². The zero-order valence-electron chi connectivity index (χ0n) is 10.6. The van der Waals surface area contributed by atoms with Gasteiger partial charge in [-0.2, -0.15) is 0 Å². The zero-order chi connectivity index (χ0) is 12.3. The maximum absolute atomic E-state index is 10.5. The fourth-order valence-electron chi connectivity index (χ4n) is 2.57. The van der Waals surface area contributed by atoms with E-state index < -0.39 is 5.60 Å². The van der Waals surface area contributed by atoms with Gasteiger partial charge >= 0.3 is 0 Å². The Morgan fingerprint density at radius 2 is 2.06 bits per heavy atom. The molecule has 0 spiro atoms. The molecule has 0 amide bonds. The van der Waals surface area contributed by atoms with E-state index in [9.17, 15) is 5.11 Å². The molecule has 3 nitrogen and oxygen atoms in total. The lowest BCUT2D eigenvalue weighted by atomic mass is 9.85. The number of benzene rings is 1. The molecule has 1 heterocycles. The van der Waals surface area contributed by atoms with Crippen LogP contribution in [0, 0.1) is 6.92 Å². The number of aliphatic hydroxyl groups is 1. The molecule has 1 fully saturated rings. The number of hydrogen-bond acceptors (Lipinski definition) is 3. The lowest BCUT2D eigenvalue weighted by Gasteiger charge is -2.33. The van der Waals surface area contributed by atoms with Crippen molar-refractivity contribution in [3.8, 4) is 5.75 Å². The van der Waals surface area contributed by atoms with Gasteiger partial charge in [0.25, 0.3) is 0 Å². The van der Waals surface area contributed by atoms with Crippen molar-refractivity contribution in [1.82, 2.24) is 5.32 Å². The van der Waals surface area contributed by atoms with Crippen molar-refractivity contribution in [2.45, 2.75) is 31.8 Å². The second kappa shape index (κ2) is 5.07. The minimum Gasteiger partial charge on any atom is -0.496 e. The highest BCUT2D eigenvalue weighted by molar-refractivity contribution is 5.41. The average molecular weight is 235 g/mol. The van der Waals surface area contributed by atoms with Gasteiger partial charge in [0.15, 0.2) is 0 Å². The molecule has 0 radical (unpaired) electrons. The first-order valence-electron chi connectivity index (χ1n) is 6.20. The smallest absolute Gasteiger partial charge is 0.125 e. The predicted octanol–water partition coefficient (Wildman–Crippen LogP) is 1.66. The normalized spacial score (nSPS) is 19.0. The maximum Gasteiger partial charge on any atom is 0.125 e. The van der Waals surface area contributed by atoms with Crippen LogP contribution in [0.4, 0.5) is 0 Å². The van der Waals surface area contributed by atoms with Crippen LogP contribution in [0.15, 0.2) is 18.2 Å². The van der Waals surface area contributed by atoms with Crippen LogP contribution in [0.25, 0.3) is 0 Å². The first-order valence-corrected chi connectivity index (χ1v) is 6.20. The van der Waals surface area contributed by atoms with Crippen molar-refractivity contribution >= 4 is 0 Å². The minimum absolute atomic E-state index is 0.577. The number of ether oxygens (including phenoxy) is 1. The Bertz CT molecular complexity index is 384. The second-order valence-corrected chi connectivity index (χ2v) is 4.92. The summed E-state index contributed by atoms with van der Waals surface area (Å²) in [4.78, 5) is 0. The van der Waals surface area contributed by atoms with Crippen molar-refractivity contribution < 1.29 is 9.84 Å². The molecular weight excluding hydrogens is 214 g/mol. The molecular formula is C14H21NO2. The van der Waals surface area contributed by atoms with E-state index in [1.54, 1.807) is 7.11 Å². The Labute approximate surface area is 103 Å². The van der Waals surface area contributed by atoms with Gasteiger partial charge in [0.2, 0.25) is 0 Å². The van der Waals surface area contributed by atoms with Crippen LogP contribution in [-0.4, -0.2) is 30.9 Å². The number of para-hydroxylation sites is 1. The Hall–Kier alpha value is -1.06. The number of nitrogens with one attached hydrogen (secondary N) is 1. The molecule has 1 aromatic rings. The van der Waals surface area contributed by atoms with E-state index in [0.29, 0.717) is 6.42 Å². The van der Waals surface area contributed by atoms with Crippen LogP contribution in [0.5, 0.6) is 5.75 Å². The van der Waals surface area contributed by atoms with Crippen molar-refractivity contribution in [2.24, 2.45) is 0 Å². The number of methoxy groups -OCH3 is 1. The quantitative estimate of drug-likeness (QED) is 0.837. The molecule has 94 valence electrons. The van der Waals surface area contributed by atoms with E-state index >= 15 is 0 Å². The van der Waals surface area contributed by atoms with Crippen molar-refractivity contribution in [3.05, 3.63) is 29.3 Å². The van der Waals surface area contributed by atoms with Gasteiger partial charge in [-0.05, 0) is 44.0 Å². The lowest BCUT2D eigenvalue weighted by molar-refractivity contribution is 0.0104. The number of piperidine rings is 1. The molecule has 0 aliphatic carbocycles. The van der Waals surface area contributed by atoms with E-state index in [1.165, 1.54) is 0 Å².